The largest absolute Gasteiger partial charge is 0.389 e. The second-order valence-electron chi connectivity index (χ2n) is 5.80. The third kappa shape index (κ3) is 3.78. The summed E-state index contributed by atoms with van der Waals surface area (Å²) in [6, 6.07) is 3.72. The summed E-state index contributed by atoms with van der Waals surface area (Å²) in [5.41, 5.74) is 1.45. The maximum Gasteiger partial charge on any atom is 0.243 e. The van der Waals surface area contributed by atoms with Crippen LogP contribution < -0.4 is 0 Å². The molecule has 1 aromatic rings. The van der Waals surface area contributed by atoms with Gasteiger partial charge in [-0.3, -0.25) is 0 Å². The zero-order chi connectivity index (χ0) is 15.0. The molecule has 0 spiro atoms. The van der Waals surface area contributed by atoms with Crippen LogP contribution in [0.1, 0.15) is 30.5 Å². The molecule has 0 unspecified atom stereocenters. The van der Waals surface area contributed by atoms with Crippen molar-refractivity contribution in [2.45, 2.75) is 45.1 Å². The van der Waals surface area contributed by atoms with Crippen LogP contribution in [0, 0.1) is 20.8 Å². The van der Waals surface area contributed by atoms with Crippen molar-refractivity contribution < 1.29 is 13.5 Å². The van der Waals surface area contributed by atoms with Crippen LogP contribution in [0.15, 0.2) is 17.0 Å². The van der Waals surface area contributed by atoms with Crippen molar-refractivity contribution in [2.75, 3.05) is 13.6 Å². The molecule has 4 nitrogen and oxygen atoms in total. The first-order valence-electron chi connectivity index (χ1n) is 6.22. The van der Waals surface area contributed by atoms with Gasteiger partial charge in [0.15, 0.2) is 0 Å². The Labute approximate surface area is 116 Å². The lowest BCUT2D eigenvalue weighted by molar-refractivity contribution is 0.0639. The zero-order valence-electron chi connectivity index (χ0n) is 12.5. The van der Waals surface area contributed by atoms with Gasteiger partial charge in [0.25, 0.3) is 0 Å². The standard InChI is InChI=1S/C14H23NO3S/c1-10-7-11(2)13(12(3)8-10)19(17,18)15(6)9-14(4,5)16/h7-8,16H,9H2,1-6H3. The van der Waals surface area contributed by atoms with Gasteiger partial charge >= 0.3 is 0 Å². The topological polar surface area (TPSA) is 57.6 Å². The highest BCUT2D eigenvalue weighted by Gasteiger charge is 2.28. The van der Waals surface area contributed by atoms with Crippen LogP contribution in [-0.2, 0) is 10.0 Å². The fraction of sp³-hybridized carbons (Fsp3) is 0.571. The minimum absolute atomic E-state index is 0.0576. The molecule has 0 heterocycles. The first-order valence-corrected chi connectivity index (χ1v) is 7.66. The Hall–Kier alpha value is -0.910. The van der Waals surface area contributed by atoms with E-state index in [1.165, 1.54) is 11.4 Å². The molecule has 1 aromatic carbocycles. The van der Waals surface area contributed by atoms with Gasteiger partial charge in [0, 0.05) is 13.6 Å². The molecule has 0 aliphatic carbocycles. The van der Waals surface area contributed by atoms with E-state index in [1.807, 2.05) is 19.1 Å². The van der Waals surface area contributed by atoms with E-state index in [-0.39, 0.29) is 6.54 Å². The number of benzene rings is 1. The number of aryl methyl sites for hydroxylation is 3. The lowest BCUT2D eigenvalue weighted by Crippen LogP contribution is -2.40. The van der Waals surface area contributed by atoms with E-state index in [9.17, 15) is 13.5 Å². The molecular formula is C14H23NO3S. The highest BCUT2D eigenvalue weighted by Crippen LogP contribution is 2.25. The predicted octanol–water partition coefficient (Wildman–Crippen LogP) is 2.00. The first kappa shape index (κ1) is 16.1. The van der Waals surface area contributed by atoms with Crippen molar-refractivity contribution in [1.29, 1.82) is 0 Å². The quantitative estimate of drug-likeness (QED) is 0.920. The number of rotatable bonds is 4. The number of hydrogen-bond acceptors (Lipinski definition) is 3. The van der Waals surface area contributed by atoms with Gasteiger partial charge in [-0.2, -0.15) is 4.31 Å². The smallest absolute Gasteiger partial charge is 0.243 e. The van der Waals surface area contributed by atoms with Crippen molar-refractivity contribution in [3.8, 4) is 0 Å². The highest BCUT2D eigenvalue weighted by atomic mass is 32.2. The van der Waals surface area contributed by atoms with E-state index >= 15 is 0 Å². The predicted molar refractivity (Wildman–Crippen MR) is 76.8 cm³/mol. The zero-order valence-corrected chi connectivity index (χ0v) is 13.3. The number of likely N-dealkylation sites (N-methyl/N-ethyl adjacent to an activating group) is 1. The summed E-state index contributed by atoms with van der Waals surface area (Å²) in [5.74, 6) is 0. The molecule has 0 saturated carbocycles. The molecule has 108 valence electrons. The van der Waals surface area contributed by atoms with E-state index < -0.39 is 15.6 Å². The second-order valence-corrected chi connectivity index (χ2v) is 7.78. The van der Waals surface area contributed by atoms with Crippen LogP contribution in [0.2, 0.25) is 0 Å². The molecule has 0 fully saturated rings. The number of hydrogen-bond donors (Lipinski definition) is 1. The van der Waals surface area contributed by atoms with Crippen molar-refractivity contribution in [3.05, 3.63) is 28.8 Å². The van der Waals surface area contributed by atoms with Gasteiger partial charge in [-0.1, -0.05) is 17.7 Å². The average molecular weight is 285 g/mol. The molecule has 0 amide bonds. The number of sulfonamides is 1. The molecule has 0 bridgehead atoms. The maximum atomic E-state index is 12.6. The van der Waals surface area contributed by atoms with Crippen molar-refractivity contribution in [2.24, 2.45) is 0 Å². The van der Waals surface area contributed by atoms with Crippen LogP contribution in [0.3, 0.4) is 0 Å². The Kier molecular flexibility index (Phi) is 4.44. The molecule has 5 heteroatoms. The third-order valence-electron chi connectivity index (χ3n) is 2.88. The van der Waals surface area contributed by atoms with Gasteiger partial charge in [0.1, 0.15) is 0 Å². The van der Waals surface area contributed by atoms with Crippen molar-refractivity contribution >= 4 is 10.0 Å². The summed E-state index contributed by atoms with van der Waals surface area (Å²) in [7, 11) is -2.08. The molecule has 1 rings (SSSR count). The van der Waals surface area contributed by atoms with Crippen molar-refractivity contribution in [1.82, 2.24) is 4.31 Å². The minimum atomic E-state index is -3.58. The van der Waals surface area contributed by atoms with E-state index in [1.54, 1.807) is 27.7 Å². The van der Waals surface area contributed by atoms with Crippen molar-refractivity contribution in [3.63, 3.8) is 0 Å². The molecule has 0 aromatic heterocycles. The molecule has 1 N–H and O–H groups in total. The monoisotopic (exact) mass is 285 g/mol. The number of nitrogens with zero attached hydrogens (tertiary/aromatic N) is 1. The summed E-state index contributed by atoms with van der Waals surface area (Å²) in [6.45, 7) is 8.77. The normalized spacial score (nSPS) is 13.1. The van der Waals surface area contributed by atoms with Gasteiger partial charge in [-0.05, 0) is 45.7 Å². The lowest BCUT2D eigenvalue weighted by Gasteiger charge is -2.26. The molecule has 0 atom stereocenters. The van der Waals surface area contributed by atoms with Crippen LogP contribution in [0.5, 0.6) is 0 Å². The average Bonchev–Trinajstić information content (AvgIpc) is 2.11. The van der Waals surface area contributed by atoms with Gasteiger partial charge in [0.05, 0.1) is 10.5 Å². The third-order valence-corrected chi connectivity index (χ3v) is 4.99. The molecule has 0 radical (unpaired) electrons. The first-order chi connectivity index (χ1) is 8.45. The van der Waals surface area contributed by atoms with E-state index in [4.69, 9.17) is 0 Å². The Morgan fingerprint density at radius 1 is 1.16 bits per heavy atom. The summed E-state index contributed by atoms with van der Waals surface area (Å²) in [6.07, 6.45) is 0. The lowest BCUT2D eigenvalue weighted by atomic mass is 10.1. The molecular weight excluding hydrogens is 262 g/mol. The Morgan fingerprint density at radius 3 is 1.95 bits per heavy atom. The van der Waals surface area contributed by atoms with Gasteiger partial charge in [0.2, 0.25) is 10.0 Å². The fourth-order valence-electron chi connectivity index (χ4n) is 2.36. The van der Waals surface area contributed by atoms with E-state index in [0.717, 1.165) is 16.7 Å². The van der Waals surface area contributed by atoms with Crippen LogP contribution in [0.25, 0.3) is 0 Å². The van der Waals surface area contributed by atoms with Gasteiger partial charge in [-0.15, -0.1) is 0 Å². The molecule has 0 aliphatic heterocycles. The molecule has 19 heavy (non-hydrogen) atoms. The van der Waals surface area contributed by atoms with Gasteiger partial charge in [-0.25, -0.2) is 8.42 Å². The SMILES string of the molecule is Cc1cc(C)c(S(=O)(=O)N(C)CC(C)(C)O)c(C)c1. The minimum Gasteiger partial charge on any atom is -0.389 e. The molecule has 0 saturated heterocycles. The summed E-state index contributed by atoms with van der Waals surface area (Å²) in [5, 5.41) is 9.77. The number of aliphatic hydroxyl groups is 1. The van der Waals surface area contributed by atoms with Crippen LogP contribution in [-0.4, -0.2) is 37.0 Å². The van der Waals surface area contributed by atoms with Crippen LogP contribution in [0.4, 0.5) is 0 Å². The highest BCUT2D eigenvalue weighted by molar-refractivity contribution is 7.89. The van der Waals surface area contributed by atoms with Crippen LogP contribution >= 0.6 is 0 Å². The van der Waals surface area contributed by atoms with E-state index in [0.29, 0.717) is 4.90 Å². The summed E-state index contributed by atoms with van der Waals surface area (Å²) >= 11 is 0. The summed E-state index contributed by atoms with van der Waals surface area (Å²) < 4.78 is 26.4. The Morgan fingerprint density at radius 2 is 1.58 bits per heavy atom. The summed E-state index contributed by atoms with van der Waals surface area (Å²) in [4.78, 5) is 0.338. The maximum absolute atomic E-state index is 12.6. The second kappa shape index (κ2) is 5.23. The molecule has 0 aliphatic rings. The Balaban J connectivity index is 3.29. The van der Waals surface area contributed by atoms with E-state index in [2.05, 4.69) is 0 Å². The van der Waals surface area contributed by atoms with Gasteiger partial charge < -0.3 is 5.11 Å². The fourth-order valence-corrected chi connectivity index (χ4v) is 4.09. The Bertz CT molecular complexity index is 548.